The van der Waals surface area contributed by atoms with Crippen LogP contribution < -0.4 is 19.1 Å². The number of fused-ring (bicyclic) bond motifs is 1. The van der Waals surface area contributed by atoms with Gasteiger partial charge in [0.25, 0.3) is 5.91 Å². The van der Waals surface area contributed by atoms with Crippen molar-refractivity contribution in [2.24, 2.45) is 0 Å². The first-order valence-electron chi connectivity index (χ1n) is 11.9. The molecule has 2 atom stereocenters. The summed E-state index contributed by atoms with van der Waals surface area (Å²) in [6.07, 6.45) is -8.38. The monoisotopic (exact) mass is 579 g/mol. The van der Waals surface area contributed by atoms with Crippen LogP contribution in [0.3, 0.4) is 0 Å². The van der Waals surface area contributed by atoms with E-state index in [1.54, 1.807) is 18.2 Å². The molecule has 0 saturated heterocycles. The molecule has 1 amide bonds. The van der Waals surface area contributed by atoms with Gasteiger partial charge in [0.15, 0.2) is 0 Å². The highest BCUT2D eigenvalue weighted by Crippen LogP contribution is 2.47. The topological polar surface area (TPSA) is 94.5 Å². The minimum atomic E-state index is -4.75. The Morgan fingerprint density at radius 2 is 1.77 bits per heavy atom. The van der Waals surface area contributed by atoms with Gasteiger partial charge in [0.2, 0.25) is 0 Å². The number of carbonyl (C=O) groups is 2. The van der Waals surface area contributed by atoms with Crippen LogP contribution in [-0.4, -0.2) is 44.4 Å². The third-order valence-corrected chi connectivity index (χ3v) is 6.66. The van der Waals surface area contributed by atoms with Crippen molar-refractivity contribution in [3.63, 3.8) is 0 Å². The zero-order valence-corrected chi connectivity index (χ0v) is 22.4. The molecule has 1 heterocycles. The molecular formula is C28H25ClF3NO7. The molecule has 8 nitrogen and oxygen atoms in total. The van der Waals surface area contributed by atoms with Crippen LogP contribution in [0.2, 0.25) is 5.02 Å². The first kappa shape index (κ1) is 29.0. The van der Waals surface area contributed by atoms with Crippen LogP contribution in [0.1, 0.15) is 34.8 Å². The number of benzene rings is 3. The number of amides is 1. The van der Waals surface area contributed by atoms with Crippen LogP contribution in [0.4, 0.5) is 18.9 Å². The molecule has 1 N–H and O–H groups in total. The Balaban J connectivity index is 1.94. The third kappa shape index (κ3) is 5.80. The summed E-state index contributed by atoms with van der Waals surface area (Å²) in [4.78, 5) is 26.9. The van der Waals surface area contributed by atoms with Crippen molar-refractivity contribution in [1.29, 1.82) is 0 Å². The Morgan fingerprint density at radius 3 is 2.40 bits per heavy atom. The van der Waals surface area contributed by atoms with E-state index in [-0.39, 0.29) is 28.4 Å². The van der Waals surface area contributed by atoms with Crippen molar-refractivity contribution >= 4 is 29.2 Å². The Morgan fingerprint density at radius 1 is 1.02 bits per heavy atom. The zero-order valence-electron chi connectivity index (χ0n) is 21.6. The molecule has 4 rings (SSSR count). The fourth-order valence-corrected chi connectivity index (χ4v) is 4.81. The minimum Gasteiger partial charge on any atom is -0.497 e. The molecule has 1 aliphatic rings. The standard InChI is InChI=1S/C28H25ClF3NO7/c1-37-17-9-7-15(22(12-17)38-2)14-33-21-10-8-16(29)11-19(21)25(40-23(27(33)36)13-24(34)35)18-5-4-6-20(26(18)39-3)28(30,31)32/h4-12,23,25H,13-14H2,1-3H3,(H,34,35)/t23-,25-/m0/s1. The Bertz CT molecular complexity index is 1430. The average Bonchev–Trinajstić information content (AvgIpc) is 3.02. The molecule has 0 saturated carbocycles. The van der Waals surface area contributed by atoms with Crippen molar-refractivity contribution in [2.75, 3.05) is 26.2 Å². The molecular weight excluding hydrogens is 555 g/mol. The molecule has 212 valence electrons. The highest BCUT2D eigenvalue weighted by Gasteiger charge is 2.41. The molecule has 0 radical (unpaired) electrons. The van der Waals surface area contributed by atoms with Gasteiger partial charge in [-0.2, -0.15) is 13.2 Å². The number of rotatable bonds is 8. The van der Waals surface area contributed by atoms with E-state index in [0.29, 0.717) is 17.1 Å². The largest absolute Gasteiger partial charge is 0.497 e. The molecule has 0 unspecified atom stereocenters. The van der Waals surface area contributed by atoms with E-state index in [4.69, 9.17) is 30.5 Å². The van der Waals surface area contributed by atoms with E-state index < -0.39 is 48.0 Å². The predicted octanol–water partition coefficient (Wildman–Crippen LogP) is 5.88. The van der Waals surface area contributed by atoms with Crippen LogP contribution in [-0.2, 0) is 27.0 Å². The molecule has 0 fully saturated rings. The van der Waals surface area contributed by atoms with Gasteiger partial charge in [-0.15, -0.1) is 0 Å². The smallest absolute Gasteiger partial charge is 0.419 e. The molecule has 0 aliphatic carbocycles. The molecule has 0 aromatic heterocycles. The number of halogens is 4. The van der Waals surface area contributed by atoms with E-state index in [1.807, 2.05) is 0 Å². The maximum absolute atomic E-state index is 13.9. The summed E-state index contributed by atoms with van der Waals surface area (Å²) in [5, 5.41) is 9.81. The zero-order chi connectivity index (χ0) is 29.2. The van der Waals surface area contributed by atoms with Gasteiger partial charge >= 0.3 is 12.1 Å². The third-order valence-electron chi connectivity index (χ3n) is 6.42. The number of hydrogen-bond donors (Lipinski definition) is 1. The summed E-state index contributed by atoms with van der Waals surface area (Å²) in [6, 6.07) is 12.9. The summed E-state index contributed by atoms with van der Waals surface area (Å²) in [5.41, 5.74) is -0.0250. The number of para-hydroxylation sites is 1. The number of carboxylic acids is 1. The number of alkyl halides is 3. The second kappa shape index (κ2) is 11.6. The van der Waals surface area contributed by atoms with Crippen LogP contribution in [0, 0.1) is 0 Å². The summed E-state index contributed by atoms with van der Waals surface area (Å²) in [7, 11) is 4.02. The number of nitrogens with zero attached hydrogens (tertiary/aromatic N) is 1. The van der Waals surface area contributed by atoms with E-state index >= 15 is 0 Å². The van der Waals surface area contributed by atoms with Gasteiger partial charge in [-0.1, -0.05) is 23.7 Å². The number of hydrogen-bond acceptors (Lipinski definition) is 6. The van der Waals surface area contributed by atoms with E-state index in [9.17, 15) is 27.9 Å². The van der Waals surface area contributed by atoms with Crippen molar-refractivity contribution in [1.82, 2.24) is 0 Å². The van der Waals surface area contributed by atoms with Gasteiger partial charge in [-0.25, -0.2) is 0 Å². The number of carboxylic acid groups (broad SMARTS) is 1. The first-order valence-corrected chi connectivity index (χ1v) is 12.3. The molecule has 0 spiro atoms. The fourth-order valence-electron chi connectivity index (χ4n) is 4.63. The molecule has 3 aromatic rings. The molecule has 0 bridgehead atoms. The van der Waals surface area contributed by atoms with Crippen molar-refractivity contribution in [2.45, 2.75) is 31.3 Å². The second-order valence-corrected chi connectivity index (χ2v) is 9.27. The maximum atomic E-state index is 13.9. The Labute approximate surface area is 232 Å². The second-order valence-electron chi connectivity index (χ2n) is 8.83. The number of methoxy groups -OCH3 is 3. The van der Waals surface area contributed by atoms with Gasteiger partial charge in [0.05, 0.1) is 45.5 Å². The van der Waals surface area contributed by atoms with Gasteiger partial charge in [0.1, 0.15) is 29.5 Å². The van der Waals surface area contributed by atoms with Gasteiger partial charge < -0.3 is 29.0 Å². The minimum absolute atomic E-state index is 0.0482. The first-order chi connectivity index (χ1) is 19.0. The van der Waals surface area contributed by atoms with Crippen LogP contribution in [0.5, 0.6) is 17.2 Å². The van der Waals surface area contributed by atoms with Gasteiger partial charge in [-0.3, -0.25) is 9.59 Å². The SMILES string of the molecule is COc1ccc(CN2C(=O)[C@H](CC(=O)O)O[C@@H](c3cccc(C(F)(F)F)c3OC)c3cc(Cl)ccc32)c(OC)c1. The number of carbonyl (C=O) groups excluding carboxylic acids is 1. The quantitative estimate of drug-likeness (QED) is 0.356. The number of anilines is 1. The van der Waals surface area contributed by atoms with Crippen molar-refractivity contribution in [3.8, 4) is 17.2 Å². The summed E-state index contributed by atoms with van der Waals surface area (Å²) < 4.78 is 63.5. The molecule has 40 heavy (non-hydrogen) atoms. The lowest BCUT2D eigenvalue weighted by Gasteiger charge is -2.26. The number of aliphatic carboxylic acids is 1. The highest BCUT2D eigenvalue weighted by atomic mass is 35.5. The Kier molecular flexibility index (Phi) is 8.45. The predicted molar refractivity (Wildman–Crippen MR) is 139 cm³/mol. The average molecular weight is 580 g/mol. The lowest BCUT2D eigenvalue weighted by atomic mass is 9.96. The van der Waals surface area contributed by atoms with E-state index in [2.05, 4.69) is 0 Å². The summed E-state index contributed by atoms with van der Waals surface area (Å²) in [5.74, 6) is -1.65. The van der Waals surface area contributed by atoms with Crippen molar-refractivity contribution < 1.29 is 46.8 Å². The number of ether oxygens (including phenoxy) is 4. The Hall–Kier alpha value is -3.96. The highest BCUT2D eigenvalue weighted by molar-refractivity contribution is 6.30. The normalized spacial score (nSPS) is 17.2. The van der Waals surface area contributed by atoms with Crippen molar-refractivity contribution in [3.05, 3.63) is 81.9 Å². The van der Waals surface area contributed by atoms with Crippen LogP contribution in [0.15, 0.2) is 54.6 Å². The maximum Gasteiger partial charge on any atom is 0.419 e. The lowest BCUT2D eigenvalue weighted by Crippen LogP contribution is -2.40. The lowest BCUT2D eigenvalue weighted by molar-refractivity contribution is -0.147. The van der Waals surface area contributed by atoms with Crippen LogP contribution in [0.25, 0.3) is 0 Å². The summed E-state index contributed by atoms with van der Waals surface area (Å²) >= 11 is 6.31. The van der Waals surface area contributed by atoms with E-state index in [0.717, 1.165) is 13.2 Å². The van der Waals surface area contributed by atoms with Gasteiger partial charge in [0, 0.05) is 27.8 Å². The molecule has 12 heteroatoms. The fraction of sp³-hybridized carbons (Fsp3) is 0.286. The van der Waals surface area contributed by atoms with Crippen LogP contribution >= 0.6 is 11.6 Å². The van der Waals surface area contributed by atoms with E-state index in [1.165, 1.54) is 49.5 Å². The van der Waals surface area contributed by atoms with Gasteiger partial charge in [-0.05, 0) is 36.4 Å². The summed E-state index contributed by atoms with van der Waals surface area (Å²) in [6.45, 7) is -0.0768. The molecule has 3 aromatic carbocycles. The molecule has 1 aliphatic heterocycles.